The van der Waals surface area contributed by atoms with Crippen LogP contribution in [0.15, 0.2) is 48.5 Å². The second kappa shape index (κ2) is 5.91. The second-order valence-corrected chi connectivity index (χ2v) is 7.21. The highest BCUT2D eigenvalue weighted by atomic mass is 35.5. The maximum Gasteiger partial charge on any atom is 0.271 e. The number of hydrogen-bond donors (Lipinski definition) is 1. The first-order valence-corrected chi connectivity index (χ1v) is 8.92. The Morgan fingerprint density at radius 1 is 1.04 bits per heavy atom. The first-order chi connectivity index (χ1) is 11.6. The Labute approximate surface area is 147 Å². The largest absolute Gasteiger partial charge is 0.346 e. The van der Waals surface area contributed by atoms with E-state index in [1.165, 1.54) is 17.8 Å². The summed E-state index contributed by atoms with van der Waals surface area (Å²) in [7, 11) is 0. The standard InChI is InChI=1S/C20H22ClN2O/c1-15-5-7-16(8-6-15)20(24)14-22(18-11-9-17(21)10-12-18)19-4-2-3-13-23(19)20/h5-12,24H,2-4,13-14H2,1H3/q+1. The van der Waals surface area contributed by atoms with Crippen LogP contribution in [0.4, 0.5) is 5.69 Å². The molecule has 0 aliphatic carbocycles. The Morgan fingerprint density at radius 2 is 1.75 bits per heavy atom. The first kappa shape index (κ1) is 15.7. The molecule has 1 unspecified atom stereocenters. The van der Waals surface area contributed by atoms with E-state index in [0.717, 1.165) is 35.7 Å². The Hall–Kier alpha value is -1.84. The summed E-state index contributed by atoms with van der Waals surface area (Å²) in [5.41, 5.74) is 2.29. The number of rotatable bonds is 2. The summed E-state index contributed by atoms with van der Waals surface area (Å²) < 4.78 is 2.19. The molecule has 0 bridgehead atoms. The van der Waals surface area contributed by atoms with Gasteiger partial charge in [-0.05, 0) is 44.0 Å². The topological polar surface area (TPSA) is 26.5 Å². The Bertz CT molecular complexity index is 782. The maximum absolute atomic E-state index is 11.6. The van der Waals surface area contributed by atoms with Gasteiger partial charge in [0.15, 0.2) is 6.54 Å². The fraction of sp³-hybridized carbons (Fsp3) is 0.350. The smallest absolute Gasteiger partial charge is 0.271 e. The number of hydrogen-bond acceptors (Lipinski definition) is 2. The van der Waals surface area contributed by atoms with Crippen LogP contribution in [0.1, 0.15) is 30.4 Å². The predicted octanol–water partition coefficient (Wildman–Crippen LogP) is 3.91. The van der Waals surface area contributed by atoms with Crippen LogP contribution in [0.2, 0.25) is 5.02 Å². The SMILES string of the molecule is Cc1ccc(C2(O)CN(c3ccc(Cl)cc3)C3=[N+]2CCCC3)cc1. The van der Waals surface area contributed by atoms with Crippen molar-refractivity contribution in [3.63, 3.8) is 0 Å². The molecule has 0 fully saturated rings. The number of benzene rings is 2. The number of aryl methyl sites for hydroxylation is 1. The highest BCUT2D eigenvalue weighted by molar-refractivity contribution is 6.30. The minimum atomic E-state index is -0.969. The zero-order valence-corrected chi connectivity index (χ0v) is 14.6. The van der Waals surface area contributed by atoms with Crippen LogP contribution in [-0.2, 0) is 5.72 Å². The summed E-state index contributed by atoms with van der Waals surface area (Å²) in [4.78, 5) is 2.25. The first-order valence-electron chi connectivity index (χ1n) is 8.54. The van der Waals surface area contributed by atoms with Crippen LogP contribution in [0.25, 0.3) is 0 Å². The third kappa shape index (κ3) is 2.52. The molecule has 4 heteroatoms. The zero-order valence-electron chi connectivity index (χ0n) is 13.9. The van der Waals surface area contributed by atoms with Crippen LogP contribution in [0.5, 0.6) is 0 Å². The van der Waals surface area contributed by atoms with Gasteiger partial charge in [0.25, 0.3) is 11.6 Å². The van der Waals surface area contributed by atoms with Crippen molar-refractivity contribution in [2.45, 2.75) is 31.9 Å². The van der Waals surface area contributed by atoms with Crippen LogP contribution >= 0.6 is 11.6 Å². The Morgan fingerprint density at radius 3 is 2.46 bits per heavy atom. The van der Waals surface area contributed by atoms with Crippen molar-refractivity contribution in [1.82, 2.24) is 0 Å². The molecular weight excluding hydrogens is 320 g/mol. The van der Waals surface area contributed by atoms with Gasteiger partial charge >= 0.3 is 0 Å². The van der Waals surface area contributed by atoms with E-state index in [4.69, 9.17) is 11.6 Å². The van der Waals surface area contributed by atoms with Gasteiger partial charge in [-0.3, -0.25) is 0 Å². The quantitative estimate of drug-likeness (QED) is 0.838. The summed E-state index contributed by atoms with van der Waals surface area (Å²) in [5.74, 6) is 1.21. The summed E-state index contributed by atoms with van der Waals surface area (Å²) in [6.07, 6.45) is 3.28. The van der Waals surface area contributed by atoms with E-state index in [-0.39, 0.29) is 0 Å². The molecule has 24 heavy (non-hydrogen) atoms. The van der Waals surface area contributed by atoms with E-state index in [2.05, 4.69) is 28.5 Å². The van der Waals surface area contributed by atoms with E-state index in [1.807, 2.05) is 36.4 Å². The average molecular weight is 342 g/mol. The molecule has 2 aliphatic rings. The molecule has 124 valence electrons. The average Bonchev–Trinajstić information content (AvgIpc) is 2.91. The number of amidine groups is 1. The lowest BCUT2D eigenvalue weighted by Crippen LogP contribution is -2.41. The van der Waals surface area contributed by atoms with Crippen molar-refractivity contribution in [3.8, 4) is 0 Å². The summed E-state index contributed by atoms with van der Waals surface area (Å²) in [6.45, 7) is 3.51. The molecule has 0 radical (unpaired) electrons. The highest BCUT2D eigenvalue weighted by Crippen LogP contribution is 2.36. The Kier molecular flexibility index (Phi) is 3.86. The number of aliphatic hydroxyl groups is 1. The maximum atomic E-state index is 11.6. The van der Waals surface area contributed by atoms with E-state index in [1.54, 1.807) is 0 Å². The molecule has 3 nitrogen and oxygen atoms in total. The molecule has 2 heterocycles. The van der Waals surface area contributed by atoms with Crippen molar-refractivity contribution in [3.05, 3.63) is 64.7 Å². The van der Waals surface area contributed by atoms with Crippen molar-refractivity contribution in [2.75, 3.05) is 18.0 Å². The van der Waals surface area contributed by atoms with E-state index >= 15 is 0 Å². The lowest BCUT2D eigenvalue weighted by Gasteiger charge is -2.24. The summed E-state index contributed by atoms with van der Waals surface area (Å²) in [5, 5.41) is 12.3. The number of halogens is 1. The molecule has 2 aromatic rings. The third-order valence-corrected chi connectivity index (χ3v) is 5.38. The van der Waals surface area contributed by atoms with Gasteiger partial charge in [-0.25, -0.2) is 9.48 Å². The lowest BCUT2D eigenvalue weighted by atomic mass is 10.0. The molecule has 1 atom stereocenters. The van der Waals surface area contributed by atoms with Gasteiger partial charge in [0.2, 0.25) is 0 Å². The molecule has 1 N–H and O–H groups in total. The van der Waals surface area contributed by atoms with Gasteiger partial charge < -0.3 is 5.11 Å². The molecule has 0 spiro atoms. The van der Waals surface area contributed by atoms with Gasteiger partial charge in [-0.2, -0.15) is 0 Å². The lowest BCUT2D eigenvalue weighted by molar-refractivity contribution is -0.661. The monoisotopic (exact) mass is 341 g/mol. The minimum Gasteiger partial charge on any atom is -0.346 e. The molecule has 0 saturated heterocycles. The van der Waals surface area contributed by atoms with Gasteiger partial charge in [0, 0.05) is 17.0 Å². The van der Waals surface area contributed by atoms with E-state index in [0.29, 0.717) is 6.54 Å². The predicted molar refractivity (Wildman–Crippen MR) is 97.9 cm³/mol. The fourth-order valence-electron chi connectivity index (χ4n) is 3.82. The Balaban J connectivity index is 1.78. The van der Waals surface area contributed by atoms with Crippen LogP contribution in [0.3, 0.4) is 0 Å². The third-order valence-electron chi connectivity index (χ3n) is 5.13. The van der Waals surface area contributed by atoms with Crippen molar-refractivity contribution in [2.24, 2.45) is 0 Å². The summed E-state index contributed by atoms with van der Waals surface area (Å²) >= 11 is 6.04. The van der Waals surface area contributed by atoms with Crippen molar-refractivity contribution >= 4 is 23.1 Å². The molecular formula is C20H22ClN2O+. The normalized spacial score (nSPS) is 23.5. The fourth-order valence-corrected chi connectivity index (χ4v) is 3.95. The van der Waals surface area contributed by atoms with Gasteiger partial charge in [0.05, 0.1) is 6.54 Å². The molecule has 4 rings (SSSR count). The molecule has 2 aromatic carbocycles. The molecule has 0 amide bonds. The molecule has 0 aromatic heterocycles. The minimum absolute atomic E-state index is 0.549. The molecule has 0 saturated carbocycles. The van der Waals surface area contributed by atoms with Crippen molar-refractivity contribution < 1.29 is 9.68 Å². The van der Waals surface area contributed by atoms with Gasteiger partial charge in [-0.1, -0.05) is 41.4 Å². The highest BCUT2D eigenvalue weighted by Gasteiger charge is 2.52. The van der Waals surface area contributed by atoms with Crippen LogP contribution in [-0.4, -0.2) is 28.6 Å². The van der Waals surface area contributed by atoms with E-state index < -0.39 is 5.72 Å². The number of β-amino-alcohol motifs (C(OH)–C–C–N with tert-alkyl or cyclic N) is 1. The van der Waals surface area contributed by atoms with Crippen molar-refractivity contribution in [1.29, 1.82) is 0 Å². The molecule has 2 aliphatic heterocycles. The van der Waals surface area contributed by atoms with Gasteiger partial charge in [-0.15, -0.1) is 0 Å². The summed E-state index contributed by atoms with van der Waals surface area (Å²) in [6, 6.07) is 16.1. The number of anilines is 1. The zero-order chi connectivity index (χ0) is 16.7. The van der Waals surface area contributed by atoms with Crippen LogP contribution < -0.4 is 4.90 Å². The van der Waals surface area contributed by atoms with Gasteiger partial charge in [0.1, 0.15) is 5.69 Å². The van der Waals surface area contributed by atoms with E-state index in [9.17, 15) is 5.11 Å². The number of nitrogens with zero attached hydrogens (tertiary/aromatic N) is 2. The second-order valence-electron chi connectivity index (χ2n) is 6.77. The van der Waals surface area contributed by atoms with Crippen LogP contribution in [0, 0.1) is 6.92 Å².